The number of anilines is 1. The first-order chi connectivity index (χ1) is 12.9. The number of primary amides is 1. The molecule has 1 aromatic heterocycles. The number of nitrogens with one attached hydrogen (secondary N) is 1. The van der Waals surface area contributed by atoms with Gasteiger partial charge in [0, 0.05) is 11.1 Å². The minimum absolute atomic E-state index is 0.107. The van der Waals surface area contributed by atoms with Crippen LogP contribution in [0.2, 0.25) is 0 Å². The fourth-order valence-electron chi connectivity index (χ4n) is 2.81. The van der Waals surface area contributed by atoms with Gasteiger partial charge in [-0.15, -0.1) is 0 Å². The highest BCUT2D eigenvalue weighted by Gasteiger charge is 2.14. The maximum absolute atomic E-state index is 13.0. The minimum atomic E-state index is -0.439. The number of hydrogen-bond acceptors (Lipinski definition) is 4. The summed E-state index contributed by atoms with van der Waals surface area (Å²) in [5, 5.41) is 3.69. The number of amides is 2. The van der Waals surface area contributed by atoms with E-state index in [1.807, 2.05) is 32.0 Å². The number of aryl methyl sites for hydroxylation is 2. The third-order valence-electron chi connectivity index (χ3n) is 4.08. The summed E-state index contributed by atoms with van der Waals surface area (Å²) in [6, 6.07) is 14.7. The highest BCUT2D eigenvalue weighted by atomic mass is 16.5. The Morgan fingerprint density at radius 1 is 1.11 bits per heavy atom. The van der Waals surface area contributed by atoms with Crippen molar-refractivity contribution in [3.05, 3.63) is 65.4 Å². The van der Waals surface area contributed by atoms with Crippen LogP contribution in [0.4, 0.5) is 5.69 Å². The summed E-state index contributed by atoms with van der Waals surface area (Å²) in [5.74, 6) is -0.203. The van der Waals surface area contributed by atoms with E-state index in [1.54, 1.807) is 30.3 Å². The molecular formula is C21H21N3O3. The Hall–Kier alpha value is -3.41. The highest BCUT2D eigenvalue weighted by Crippen LogP contribution is 2.26. The fourth-order valence-corrected chi connectivity index (χ4v) is 2.81. The third kappa shape index (κ3) is 4.41. The quantitative estimate of drug-likeness (QED) is 0.702. The summed E-state index contributed by atoms with van der Waals surface area (Å²) >= 11 is 0. The van der Waals surface area contributed by atoms with Gasteiger partial charge in [-0.05, 0) is 44.2 Å². The number of fused-ring (bicyclic) bond motifs is 1. The Morgan fingerprint density at radius 2 is 1.89 bits per heavy atom. The number of pyridine rings is 1. The predicted molar refractivity (Wildman–Crippen MR) is 105 cm³/mol. The number of carbonyl (C=O) groups is 2. The summed E-state index contributed by atoms with van der Waals surface area (Å²) < 4.78 is 5.59. The van der Waals surface area contributed by atoms with Crippen molar-refractivity contribution in [2.24, 2.45) is 5.73 Å². The van der Waals surface area contributed by atoms with E-state index in [0.717, 1.165) is 22.2 Å². The van der Waals surface area contributed by atoms with Crippen molar-refractivity contribution in [3.63, 3.8) is 0 Å². The number of aromatic nitrogens is 1. The molecule has 0 aliphatic rings. The Morgan fingerprint density at radius 3 is 2.67 bits per heavy atom. The van der Waals surface area contributed by atoms with Crippen LogP contribution in [0.1, 0.15) is 28.0 Å². The van der Waals surface area contributed by atoms with Gasteiger partial charge in [0.05, 0.1) is 29.8 Å². The normalized spacial score (nSPS) is 10.6. The van der Waals surface area contributed by atoms with Crippen molar-refractivity contribution < 1.29 is 14.3 Å². The molecule has 0 aliphatic heterocycles. The van der Waals surface area contributed by atoms with Crippen molar-refractivity contribution in [2.45, 2.75) is 20.3 Å². The molecule has 0 radical (unpaired) electrons. The second kappa shape index (κ2) is 7.86. The van der Waals surface area contributed by atoms with Crippen molar-refractivity contribution in [2.75, 3.05) is 11.9 Å². The minimum Gasteiger partial charge on any atom is -0.491 e. The van der Waals surface area contributed by atoms with E-state index in [9.17, 15) is 9.59 Å². The highest BCUT2D eigenvalue weighted by molar-refractivity contribution is 6.13. The van der Waals surface area contributed by atoms with Crippen molar-refractivity contribution in [1.82, 2.24) is 4.98 Å². The predicted octanol–water partition coefficient (Wildman–Crippen LogP) is 3.36. The summed E-state index contributed by atoms with van der Waals surface area (Å²) in [6.07, 6.45) is 0.107. The second-order valence-electron chi connectivity index (χ2n) is 6.35. The zero-order chi connectivity index (χ0) is 19.4. The van der Waals surface area contributed by atoms with E-state index >= 15 is 0 Å². The lowest BCUT2D eigenvalue weighted by molar-refractivity contribution is -0.118. The average Bonchev–Trinajstić information content (AvgIpc) is 2.62. The number of hydrogen-bond donors (Lipinski definition) is 2. The number of nitrogens with zero attached hydrogens (tertiary/aromatic N) is 1. The third-order valence-corrected chi connectivity index (χ3v) is 4.08. The van der Waals surface area contributed by atoms with Crippen molar-refractivity contribution in [1.29, 1.82) is 0 Å². The first kappa shape index (κ1) is 18.4. The SMILES string of the molecule is Cc1ccc2nc(C)cc(C(=O)Nc3ccccc3OCCC(N)=O)c2c1. The molecule has 138 valence electrons. The first-order valence-electron chi connectivity index (χ1n) is 8.63. The van der Waals surface area contributed by atoms with Crippen molar-refractivity contribution in [3.8, 4) is 5.75 Å². The zero-order valence-corrected chi connectivity index (χ0v) is 15.3. The van der Waals surface area contributed by atoms with Crippen LogP contribution in [-0.2, 0) is 4.79 Å². The topological polar surface area (TPSA) is 94.3 Å². The fraction of sp³-hybridized carbons (Fsp3) is 0.190. The molecule has 0 fully saturated rings. The summed E-state index contributed by atoms with van der Waals surface area (Å²) in [4.78, 5) is 28.3. The molecule has 2 aromatic carbocycles. The smallest absolute Gasteiger partial charge is 0.256 e. The van der Waals surface area contributed by atoms with E-state index in [2.05, 4.69) is 10.3 Å². The molecule has 3 N–H and O–H groups in total. The molecule has 0 atom stereocenters. The Labute approximate surface area is 157 Å². The zero-order valence-electron chi connectivity index (χ0n) is 15.3. The van der Waals surface area contributed by atoms with Gasteiger partial charge in [-0.2, -0.15) is 0 Å². The molecule has 0 saturated heterocycles. The molecular weight excluding hydrogens is 342 g/mol. The lowest BCUT2D eigenvalue weighted by Gasteiger charge is -2.13. The lowest BCUT2D eigenvalue weighted by atomic mass is 10.0. The molecule has 0 aliphatic carbocycles. The van der Waals surface area contributed by atoms with Crippen molar-refractivity contribution >= 4 is 28.4 Å². The maximum Gasteiger partial charge on any atom is 0.256 e. The van der Waals surface area contributed by atoms with Gasteiger partial charge in [-0.25, -0.2) is 0 Å². The van der Waals surface area contributed by atoms with Gasteiger partial charge in [0.1, 0.15) is 5.75 Å². The molecule has 6 heteroatoms. The molecule has 0 spiro atoms. The van der Waals surface area contributed by atoms with E-state index in [0.29, 0.717) is 17.0 Å². The molecule has 0 bridgehead atoms. The number of rotatable bonds is 6. The molecule has 0 saturated carbocycles. The molecule has 3 aromatic rings. The Kier molecular flexibility index (Phi) is 5.35. The number of ether oxygens (including phenoxy) is 1. The van der Waals surface area contributed by atoms with Gasteiger partial charge in [-0.1, -0.05) is 23.8 Å². The number of carbonyl (C=O) groups excluding carboxylic acids is 2. The standard InChI is InChI=1S/C21H21N3O3/c1-13-7-8-17-15(11-13)16(12-14(2)23-17)21(26)24-18-5-3-4-6-19(18)27-10-9-20(22)25/h3-8,11-12H,9-10H2,1-2H3,(H2,22,25)(H,24,26). The van der Waals surface area contributed by atoms with Gasteiger partial charge in [0.25, 0.3) is 5.91 Å². The van der Waals surface area contributed by atoms with Crippen LogP contribution < -0.4 is 15.8 Å². The van der Waals surface area contributed by atoms with Gasteiger partial charge in [-0.3, -0.25) is 14.6 Å². The molecule has 27 heavy (non-hydrogen) atoms. The van der Waals surface area contributed by atoms with Gasteiger partial charge in [0.15, 0.2) is 0 Å². The van der Waals surface area contributed by atoms with Crippen LogP contribution in [-0.4, -0.2) is 23.4 Å². The molecule has 1 heterocycles. The lowest BCUT2D eigenvalue weighted by Crippen LogP contribution is -2.16. The van der Waals surface area contributed by atoms with Crippen LogP contribution >= 0.6 is 0 Å². The molecule has 0 unspecified atom stereocenters. The summed E-state index contributed by atoms with van der Waals surface area (Å²) in [5.41, 5.74) is 8.81. The van der Waals surface area contributed by atoms with Crippen LogP contribution in [0.5, 0.6) is 5.75 Å². The number of para-hydroxylation sites is 2. The van der Waals surface area contributed by atoms with Gasteiger partial charge < -0.3 is 15.8 Å². The first-order valence-corrected chi connectivity index (χ1v) is 8.63. The molecule has 3 rings (SSSR count). The maximum atomic E-state index is 13.0. The molecule has 2 amide bonds. The van der Waals surface area contributed by atoms with Crippen LogP contribution in [0, 0.1) is 13.8 Å². The van der Waals surface area contributed by atoms with E-state index in [-0.39, 0.29) is 18.9 Å². The largest absolute Gasteiger partial charge is 0.491 e. The number of nitrogens with two attached hydrogens (primary N) is 1. The van der Waals surface area contributed by atoms with E-state index < -0.39 is 5.91 Å². The second-order valence-corrected chi connectivity index (χ2v) is 6.35. The van der Waals surface area contributed by atoms with Gasteiger partial charge in [0.2, 0.25) is 5.91 Å². The van der Waals surface area contributed by atoms with Crippen LogP contribution in [0.3, 0.4) is 0 Å². The summed E-state index contributed by atoms with van der Waals surface area (Å²) in [7, 11) is 0. The average molecular weight is 363 g/mol. The number of benzene rings is 2. The monoisotopic (exact) mass is 363 g/mol. The Balaban J connectivity index is 1.89. The molecule has 6 nitrogen and oxygen atoms in total. The Bertz CT molecular complexity index is 1010. The van der Waals surface area contributed by atoms with Crippen LogP contribution in [0.25, 0.3) is 10.9 Å². The van der Waals surface area contributed by atoms with E-state index in [4.69, 9.17) is 10.5 Å². The van der Waals surface area contributed by atoms with Crippen LogP contribution in [0.15, 0.2) is 48.5 Å². The summed E-state index contributed by atoms with van der Waals surface area (Å²) in [6.45, 7) is 3.98. The van der Waals surface area contributed by atoms with E-state index in [1.165, 1.54) is 0 Å². The van der Waals surface area contributed by atoms with Gasteiger partial charge >= 0.3 is 0 Å².